The molecule has 0 bridgehead atoms. The summed E-state index contributed by atoms with van der Waals surface area (Å²) in [4.78, 5) is 38.2. The maximum atomic E-state index is 13.4. The molecule has 13 N–H and O–H groups in total. The van der Waals surface area contributed by atoms with Gasteiger partial charge in [-0.2, -0.15) is 0 Å². The standard InChI is InChI=1S/C58H110N2O18/c1-4-6-7-8-9-10-11-12-13-14-15-16-17-18-19-20-21-22-26-29-32-35-47(66)59-42(50(68)43(63)34-31-28-25-23-24-27-30-33-41(3)5-2)39-75-56-54(72)53(71)52(70)46(77-56)40-76-58(57(73)74)36-44(64)49(60-48(67)38-62)55(78-58)51(69)45(65)37-61/h41-46,49-56,61-65,68-72H,4-40H2,1-3H3,(H,59,66)(H,60,67)(H,73,74)/t41?,42-,43+,44-,45+,46+,49+,50-,51+,52+,53-,54+,55+,56+,58+/m0/s1. The highest BCUT2D eigenvalue weighted by atomic mass is 16.7. The van der Waals surface area contributed by atoms with Gasteiger partial charge in [0.2, 0.25) is 11.8 Å². The van der Waals surface area contributed by atoms with Crippen LogP contribution in [0.25, 0.3) is 0 Å². The molecule has 0 aromatic rings. The zero-order chi connectivity index (χ0) is 57.7. The van der Waals surface area contributed by atoms with E-state index in [4.69, 9.17) is 18.9 Å². The number of carbonyl (C=O) groups excluding carboxylic acids is 2. The topological polar surface area (TPSA) is 335 Å². The summed E-state index contributed by atoms with van der Waals surface area (Å²) in [5.41, 5.74) is 0. The maximum Gasteiger partial charge on any atom is 0.364 e. The Hall–Kier alpha value is -2.15. The first-order valence-electron chi connectivity index (χ1n) is 30.5. The molecular formula is C58H110N2O18. The summed E-state index contributed by atoms with van der Waals surface area (Å²) in [7, 11) is 0. The molecule has 20 heteroatoms. The number of carboxylic acids is 1. The summed E-state index contributed by atoms with van der Waals surface area (Å²) >= 11 is 0. The summed E-state index contributed by atoms with van der Waals surface area (Å²) < 4.78 is 22.9. The number of amides is 2. The van der Waals surface area contributed by atoms with Crippen molar-refractivity contribution < 1.29 is 89.5 Å². The minimum atomic E-state index is -2.87. The van der Waals surface area contributed by atoms with Crippen LogP contribution in [0, 0.1) is 5.92 Å². The van der Waals surface area contributed by atoms with Crippen molar-refractivity contribution >= 4 is 17.8 Å². The highest BCUT2D eigenvalue weighted by Gasteiger charge is 2.57. The molecule has 0 aromatic heterocycles. The largest absolute Gasteiger partial charge is 0.477 e. The second-order valence-electron chi connectivity index (χ2n) is 22.7. The number of carbonyl (C=O) groups is 3. The molecule has 0 aliphatic carbocycles. The molecule has 2 amide bonds. The molecular weight excluding hydrogens is 1010 g/mol. The van der Waals surface area contributed by atoms with E-state index in [1.165, 1.54) is 128 Å². The van der Waals surface area contributed by atoms with Crippen molar-refractivity contribution in [2.45, 2.75) is 318 Å². The van der Waals surface area contributed by atoms with E-state index in [1.54, 1.807) is 0 Å². The van der Waals surface area contributed by atoms with Crippen molar-refractivity contribution in [2.24, 2.45) is 5.92 Å². The third kappa shape index (κ3) is 28.2. The van der Waals surface area contributed by atoms with Crippen LogP contribution in [0.2, 0.25) is 0 Å². The van der Waals surface area contributed by atoms with Gasteiger partial charge in [-0.15, -0.1) is 0 Å². The number of hydrogen-bond donors (Lipinski definition) is 13. The Morgan fingerprint density at radius 2 is 1.12 bits per heavy atom. The van der Waals surface area contributed by atoms with Gasteiger partial charge in [0.05, 0.1) is 44.1 Å². The van der Waals surface area contributed by atoms with Gasteiger partial charge in [-0.3, -0.25) is 9.59 Å². The number of rotatable bonds is 48. The number of aliphatic hydroxyl groups is 10. The molecule has 15 atom stereocenters. The number of nitrogens with one attached hydrogen (secondary N) is 2. The van der Waals surface area contributed by atoms with Crippen LogP contribution in [0.1, 0.15) is 233 Å². The molecule has 2 aliphatic rings. The molecule has 0 aromatic carbocycles. The Morgan fingerprint density at radius 1 is 0.628 bits per heavy atom. The average Bonchev–Trinajstić information content (AvgIpc) is 3.43. The lowest BCUT2D eigenvalue weighted by atomic mass is 9.88. The van der Waals surface area contributed by atoms with Gasteiger partial charge in [0, 0.05) is 12.8 Å². The first kappa shape index (κ1) is 72.0. The number of aliphatic carboxylic acids is 1. The van der Waals surface area contributed by atoms with Crippen molar-refractivity contribution in [1.29, 1.82) is 0 Å². The molecule has 0 spiro atoms. The van der Waals surface area contributed by atoms with E-state index < -0.39 is 136 Å². The van der Waals surface area contributed by atoms with E-state index in [-0.39, 0.29) is 12.8 Å². The minimum absolute atomic E-state index is 0.149. The predicted octanol–water partition coefficient (Wildman–Crippen LogP) is 5.31. The molecule has 78 heavy (non-hydrogen) atoms. The van der Waals surface area contributed by atoms with Gasteiger partial charge in [0.15, 0.2) is 6.29 Å². The predicted molar refractivity (Wildman–Crippen MR) is 295 cm³/mol. The zero-order valence-electron chi connectivity index (χ0n) is 48.0. The van der Waals surface area contributed by atoms with Crippen LogP contribution in [-0.4, -0.2) is 186 Å². The number of hydrogen-bond acceptors (Lipinski definition) is 17. The molecule has 1 unspecified atom stereocenters. The minimum Gasteiger partial charge on any atom is -0.477 e. The van der Waals surface area contributed by atoms with Gasteiger partial charge in [0.1, 0.15) is 55.4 Å². The van der Waals surface area contributed by atoms with Crippen LogP contribution in [0.3, 0.4) is 0 Å². The van der Waals surface area contributed by atoms with Crippen LogP contribution in [0.4, 0.5) is 0 Å². The van der Waals surface area contributed by atoms with Gasteiger partial charge < -0.3 is 85.8 Å². The molecule has 20 nitrogen and oxygen atoms in total. The van der Waals surface area contributed by atoms with E-state index >= 15 is 0 Å². The summed E-state index contributed by atoms with van der Waals surface area (Å²) in [6.07, 6.45) is 14.9. The second kappa shape index (κ2) is 42.6. The first-order chi connectivity index (χ1) is 37.5. The number of aliphatic hydroxyl groups excluding tert-OH is 10. The molecule has 0 radical (unpaired) electrons. The van der Waals surface area contributed by atoms with E-state index in [2.05, 4.69) is 31.4 Å². The van der Waals surface area contributed by atoms with Crippen molar-refractivity contribution in [1.82, 2.24) is 10.6 Å². The third-order valence-electron chi connectivity index (χ3n) is 15.9. The maximum absolute atomic E-state index is 13.4. The first-order valence-corrected chi connectivity index (χ1v) is 30.5. The average molecular weight is 1120 g/mol. The summed E-state index contributed by atoms with van der Waals surface area (Å²) in [5.74, 6) is -5.45. The Balaban J connectivity index is 1.97. The van der Waals surface area contributed by atoms with Crippen molar-refractivity contribution in [3.05, 3.63) is 0 Å². The van der Waals surface area contributed by atoms with Gasteiger partial charge in [-0.05, 0) is 18.8 Å². The highest BCUT2D eigenvalue weighted by Crippen LogP contribution is 2.35. The molecule has 2 rings (SSSR count). The van der Waals surface area contributed by atoms with Crippen LogP contribution >= 0.6 is 0 Å². The van der Waals surface area contributed by atoms with Crippen molar-refractivity contribution in [3.63, 3.8) is 0 Å². The van der Waals surface area contributed by atoms with Gasteiger partial charge in [-0.1, -0.05) is 207 Å². The summed E-state index contributed by atoms with van der Waals surface area (Å²) in [5, 5.41) is 122. The fourth-order valence-corrected chi connectivity index (χ4v) is 10.5. The fraction of sp³-hybridized carbons (Fsp3) is 0.948. The molecule has 2 aliphatic heterocycles. The van der Waals surface area contributed by atoms with E-state index in [1.807, 2.05) is 0 Å². The summed E-state index contributed by atoms with van der Waals surface area (Å²) in [6.45, 7) is 3.16. The highest BCUT2D eigenvalue weighted by molar-refractivity contribution is 5.78. The molecule has 2 heterocycles. The van der Waals surface area contributed by atoms with E-state index in [0.717, 1.165) is 57.3 Å². The smallest absolute Gasteiger partial charge is 0.364 e. The third-order valence-corrected chi connectivity index (χ3v) is 15.9. The molecule has 2 saturated heterocycles. The normalized spacial score (nSPS) is 26.0. The summed E-state index contributed by atoms with van der Waals surface area (Å²) in [6, 6.07) is -2.83. The molecule has 2 fully saturated rings. The molecule has 460 valence electrons. The Labute approximate surface area is 466 Å². The van der Waals surface area contributed by atoms with Crippen molar-refractivity contribution in [2.75, 3.05) is 26.4 Å². The monoisotopic (exact) mass is 1120 g/mol. The van der Waals surface area contributed by atoms with Crippen LogP contribution < -0.4 is 10.6 Å². The quantitative estimate of drug-likeness (QED) is 0.0343. The lowest BCUT2D eigenvalue weighted by Crippen LogP contribution is -2.68. The van der Waals surface area contributed by atoms with Crippen LogP contribution in [0.15, 0.2) is 0 Å². The SMILES string of the molecule is CCCCCCCCCCCCCCCCCCCCCCCC(=O)N[C@@H](CO[C@@H]1O[C@H](CO[C@]2(C(=O)O)C[C@H](O)[C@@H](NC(=O)CO)[C@H]([C@H](O)[C@H](O)CO)O2)[C@@H](O)[C@H](O)[C@H]1O)[C@H](O)[C@H](O)CCCCCCCCCC(C)CC. The number of ether oxygens (including phenoxy) is 4. The van der Waals surface area contributed by atoms with Crippen LogP contribution in [-0.2, 0) is 33.3 Å². The Bertz CT molecular complexity index is 1540. The van der Waals surface area contributed by atoms with Gasteiger partial charge in [-0.25, -0.2) is 4.79 Å². The van der Waals surface area contributed by atoms with Crippen molar-refractivity contribution in [3.8, 4) is 0 Å². The van der Waals surface area contributed by atoms with E-state index in [0.29, 0.717) is 12.8 Å². The Kier molecular flexibility index (Phi) is 39.3. The lowest BCUT2D eigenvalue weighted by molar-refractivity contribution is -0.339. The Morgan fingerprint density at radius 3 is 1.59 bits per heavy atom. The second-order valence-corrected chi connectivity index (χ2v) is 22.7. The fourth-order valence-electron chi connectivity index (χ4n) is 10.5. The number of unbranched alkanes of at least 4 members (excludes halogenated alkanes) is 26. The molecule has 0 saturated carbocycles. The lowest BCUT2D eigenvalue weighted by Gasteiger charge is -2.47. The van der Waals surface area contributed by atoms with Crippen LogP contribution in [0.5, 0.6) is 0 Å². The zero-order valence-corrected chi connectivity index (χ0v) is 48.0. The van der Waals surface area contributed by atoms with Gasteiger partial charge >= 0.3 is 5.97 Å². The number of carboxylic acid groups (broad SMARTS) is 1. The van der Waals surface area contributed by atoms with E-state index in [9.17, 15) is 70.6 Å². The van der Waals surface area contributed by atoms with Gasteiger partial charge in [0.25, 0.3) is 5.79 Å².